The topological polar surface area (TPSA) is 98.7 Å². The lowest BCUT2D eigenvalue weighted by Gasteiger charge is -2.33. The standard InChI is InChI=1S/C30H41N3O4S/c1-20-12-10-11-15-22(20)18-31-27(36)26-30(5,6)38-19-33(26)28(37)25(35)23(16-21-13-8-7-9-14-21)32-24(34)17-29(2,3)4/h7-15,23,25-26,35H,16-19H2,1-6H3,(H,31,36)(H,32,34)/t23-,25-,26+/m0/s1. The first-order valence-corrected chi connectivity index (χ1v) is 14.0. The molecule has 0 bridgehead atoms. The molecule has 206 valence electrons. The first-order chi connectivity index (χ1) is 17.8. The molecule has 2 aromatic carbocycles. The maximum Gasteiger partial charge on any atom is 0.254 e. The second-order valence-electron chi connectivity index (χ2n) is 11.8. The fourth-order valence-electron chi connectivity index (χ4n) is 4.69. The van der Waals surface area contributed by atoms with Crippen LogP contribution in [0.4, 0.5) is 0 Å². The van der Waals surface area contributed by atoms with Crippen molar-refractivity contribution in [2.24, 2.45) is 5.41 Å². The van der Waals surface area contributed by atoms with Crippen LogP contribution in [0.25, 0.3) is 0 Å². The summed E-state index contributed by atoms with van der Waals surface area (Å²) in [6.07, 6.45) is -0.950. The van der Waals surface area contributed by atoms with Gasteiger partial charge >= 0.3 is 0 Å². The van der Waals surface area contributed by atoms with Crippen LogP contribution in [0.3, 0.4) is 0 Å². The summed E-state index contributed by atoms with van der Waals surface area (Å²) in [7, 11) is 0. The number of nitrogens with zero attached hydrogens (tertiary/aromatic N) is 1. The van der Waals surface area contributed by atoms with Crippen molar-refractivity contribution in [3.8, 4) is 0 Å². The predicted molar refractivity (Wildman–Crippen MR) is 152 cm³/mol. The zero-order chi connectivity index (χ0) is 28.1. The molecular weight excluding hydrogens is 498 g/mol. The van der Waals surface area contributed by atoms with Gasteiger partial charge in [-0.15, -0.1) is 11.8 Å². The van der Waals surface area contributed by atoms with Gasteiger partial charge in [-0.2, -0.15) is 0 Å². The van der Waals surface area contributed by atoms with Crippen molar-refractivity contribution in [3.63, 3.8) is 0 Å². The fourth-order valence-corrected chi connectivity index (χ4v) is 5.83. The second kappa shape index (κ2) is 12.3. The average Bonchev–Trinajstić information content (AvgIpc) is 3.16. The number of thioether (sulfide) groups is 1. The van der Waals surface area contributed by atoms with E-state index < -0.39 is 28.8 Å². The molecule has 3 amide bonds. The molecule has 1 aliphatic rings. The summed E-state index contributed by atoms with van der Waals surface area (Å²) in [5.74, 6) is -0.774. The van der Waals surface area contributed by atoms with E-state index in [4.69, 9.17) is 0 Å². The van der Waals surface area contributed by atoms with Gasteiger partial charge in [0.2, 0.25) is 11.8 Å². The molecule has 1 aliphatic heterocycles. The quantitative estimate of drug-likeness (QED) is 0.450. The van der Waals surface area contributed by atoms with Crippen LogP contribution >= 0.6 is 11.8 Å². The van der Waals surface area contributed by atoms with Crippen molar-refractivity contribution >= 4 is 29.5 Å². The smallest absolute Gasteiger partial charge is 0.254 e. The van der Waals surface area contributed by atoms with Crippen molar-refractivity contribution < 1.29 is 19.5 Å². The van der Waals surface area contributed by atoms with Gasteiger partial charge in [-0.25, -0.2) is 0 Å². The number of aryl methyl sites for hydroxylation is 1. The van der Waals surface area contributed by atoms with Crippen LogP contribution in [0.5, 0.6) is 0 Å². The van der Waals surface area contributed by atoms with Crippen LogP contribution in [0, 0.1) is 12.3 Å². The third kappa shape index (κ3) is 7.84. The third-order valence-electron chi connectivity index (χ3n) is 6.76. The zero-order valence-corrected chi connectivity index (χ0v) is 24.1. The Kier molecular flexibility index (Phi) is 9.65. The van der Waals surface area contributed by atoms with Gasteiger partial charge in [0.1, 0.15) is 6.04 Å². The summed E-state index contributed by atoms with van der Waals surface area (Å²) >= 11 is 1.50. The Hall–Kier alpha value is -2.84. The minimum absolute atomic E-state index is 0.228. The van der Waals surface area contributed by atoms with E-state index in [-0.39, 0.29) is 35.9 Å². The molecule has 3 N–H and O–H groups in total. The van der Waals surface area contributed by atoms with E-state index in [9.17, 15) is 19.5 Å². The molecule has 0 aromatic heterocycles. The number of amides is 3. The number of rotatable bonds is 9. The summed E-state index contributed by atoms with van der Waals surface area (Å²) in [6, 6.07) is 15.7. The van der Waals surface area contributed by atoms with Gasteiger partial charge < -0.3 is 20.6 Å². The average molecular weight is 540 g/mol. The lowest BCUT2D eigenvalue weighted by Crippen LogP contribution is -2.58. The Labute approximate surface area is 230 Å². The number of carbonyl (C=O) groups is 3. The Morgan fingerprint density at radius 2 is 1.71 bits per heavy atom. The molecule has 2 aromatic rings. The number of benzene rings is 2. The molecule has 3 atom stereocenters. The molecule has 0 unspecified atom stereocenters. The van der Waals surface area contributed by atoms with Gasteiger partial charge in [-0.1, -0.05) is 75.4 Å². The number of aliphatic hydroxyl groups is 1. The molecule has 3 rings (SSSR count). The molecule has 7 nitrogen and oxygen atoms in total. The van der Waals surface area contributed by atoms with Gasteiger partial charge in [0, 0.05) is 17.7 Å². The highest BCUT2D eigenvalue weighted by atomic mass is 32.2. The van der Waals surface area contributed by atoms with Crippen LogP contribution in [0.15, 0.2) is 54.6 Å². The van der Waals surface area contributed by atoms with Crippen molar-refractivity contribution in [1.29, 1.82) is 0 Å². The van der Waals surface area contributed by atoms with E-state index in [1.54, 1.807) is 0 Å². The van der Waals surface area contributed by atoms with Crippen LogP contribution in [0.2, 0.25) is 0 Å². The molecule has 1 saturated heterocycles. The lowest BCUT2D eigenvalue weighted by atomic mass is 9.91. The van der Waals surface area contributed by atoms with E-state index in [0.717, 1.165) is 16.7 Å². The van der Waals surface area contributed by atoms with E-state index in [2.05, 4.69) is 10.6 Å². The molecule has 0 aliphatic carbocycles. The number of hydrogen-bond donors (Lipinski definition) is 3. The van der Waals surface area contributed by atoms with Crippen LogP contribution in [-0.4, -0.2) is 56.5 Å². The molecule has 0 radical (unpaired) electrons. The molecule has 0 saturated carbocycles. The molecule has 1 heterocycles. The normalized spacial score (nSPS) is 18.5. The monoisotopic (exact) mass is 539 g/mol. The van der Waals surface area contributed by atoms with Gasteiger partial charge in [-0.3, -0.25) is 14.4 Å². The van der Waals surface area contributed by atoms with Gasteiger partial charge in [-0.05, 0) is 49.3 Å². The minimum atomic E-state index is -1.50. The van der Waals surface area contributed by atoms with Crippen molar-refractivity contribution in [1.82, 2.24) is 15.5 Å². The largest absolute Gasteiger partial charge is 0.381 e. The molecule has 0 spiro atoms. The second-order valence-corrected chi connectivity index (χ2v) is 13.4. The first kappa shape index (κ1) is 29.7. The Balaban J connectivity index is 1.79. The Morgan fingerprint density at radius 1 is 1.08 bits per heavy atom. The summed E-state index contributed by atoms with van der Waals surface area (Å²) in [5, 5.41) is 17.2. The van der Waals surface area contributed by atoms with Crippen LogP contribution < -0.4 is 10.6 Å². The van der Waals surface area contributed by atoms with E-state index >= 15 is 0 Å². The summed E-state index contributed by atoms with van der Waals surface area (Å²) in [5.41, 5.74) is 2.73. The van der Waals surface area contributed by atoms with Crippen LogP contribution in [-0.2, 0) is 27.3 Å². The van der Waals surface area contributed by atoms with Crippen molar-refractivity contribution in [3.05, 3.63) is 71.3 Å². The van der Waals surface area contributed by atoms with Crippen LogP contribution in [0.1, 0.15) is 57.7 Å². The highest BCUT2D eigenvalue weighted by Gasteiger charge is 2.49. The van der Waals surface area contributed by atoms with E-state index in [0.29, 0.717) is 6.54 Å². The summed E-state index contributed by atoms with van der Waals surface area (Å²) in [4.78, 5) is 41.4. The minimum Gasteiger partial charge on any atom is -0.381 e. The SMILES string of the molecule is Cc1ccccc1CNC(=O)[C@H]1N(C(=O)[C@@H](O)[C@H](Cc2ccccc2)NC(=O)CC(C)(C)C)CSC1(C)C. The van der Waals surface area contributed by atoms with Crippen molar-refractivity contribution in [2.45, 2.75) is 83.9 Å². The van der Waals surface area contributed by atoms with Gasteiger partial charge in [0.15, 0.2) is 6.10 Å². The van der Waals surface area contributed by atoms with E-state index in [1.165, 1.54) is 16.7 Å². The number of hydrogen-bond acceptors (Lipinski definition) is 5. The lowest BCUT2D eigenvalue weighted by molar-refractivity contribution is -0.147. The third-order valence-corrected chi connectivity index (χ3v) is 8.14. The molecule has 1 fully saturated rings. The molecule has 8 heteroatoms. The van der Waals surface area contributed by atoms with E-state index in [1.807, 2.05) is 96.1 Å². The Bertz CT molecular complexity index is 1130. The number of nitrogens with one attached hydrogen (secondary N) is 2. The molecular formula is C30H41N3O4S. The maximum atomic E-state index is 13.7. The number of aliphatic hydroxyl groups excluding tert-OH is 1. The fraction of sp³-hybridized carbons (Fsp3) is 0.500. The molecule has 38 heavy (non-hydrogen) atoms. The van der Waals surface area contributed by atoms with Gasteiger partial charge in [0.05, 0.1) is 11.9 Å². The van der Waals surface area contributed by atoms with Gasteiger partial charge in [0.25, 0.3) is 5.91 Å². The highest BCUT2D eigenvalue weighted by molar-refractivity contribution is 8.00. The highest BCUT2D eigenvalue weighted by Crippen LogP contribution is 2.40. The zero-order valence-electron chi connectivity index (χ0n) is 23.3. The summed E-state index contributed by atoms with van der Waals surface area (Å²) in [6.45, 7) is 12.1. The number of carbonyl (C=O) groups excluding carboxylic acids is 3. The Morgan fingerprint density at radius 3 is 2.34 bits per heavy atom. The maximum absolute atomic E-state index is 13.7. The first-order valence-electron chi connectivity index (χ1n) is 13.1. The van der Waals surface area contributed by atoms with Crippen molar-refractivity contribution in [2.75, 3.05) is 5.88 Å². The summed E-state index contributed by atoms with van der Waals surface area (Å²) < 4.78 is -0.546. The predicted octanol–water partition coefficient (Wildman–Crippen LogP) is 3.82.